The van der Waals surface area contributed by atoms with Crippen LogP contribution in [0.4, 0.5) is 0 Å². The SMILES string of the molecule is Cc1ccc(C)c(-c2cc(CN(C(=O)c3ccco3)C3CC3)no2)c1. The number of hydrogen-bond donors (Lipinski definition) is 0. The molecule has 1 aliphatic rings. The minimum absolute atomic E-state index is 0.0937. The normalized spacial score (nSPS) is 13.8. The highest BCUT2D eigenvalue weighted by Crippen LogP contribution is 2.31. The quantitative estimate of drug-likeness (QED) is 0.695. The van der Waals surface area contributed by atoms with Gasteiger partial charge in [0.05, 0.1) is 12.8 Å². The topological polar surface area (TPSA) is 59.5 Å². The molecule has 2 heterocycles. The van der Waals surface area contributed by atoms with Crippen molar-refractivity contribution in [3.05, 3.63) is 65.2 Å². The summed E-state index contributed by atoms with van der Waals surface area (Å²) in [5, 5.41) is 4.18. The van der Waals surface area contributed by atoms with E-state index in [9.17, 15) is 4.79 Å². The van der Waals surface area contributed by atoms with E-state index in [1.807, 2.05) is 17.9 Å². The first-order valence-corrected chi connectivity index (χ1v) is 8.49. The van der Waals surface area contributed by atoms with Crippen LogP contribution in [-0.4, -0.2) is 22.0 Å². The Morgan fingerprint density at radius 2 is 2.08 bits per heavy atom. The van der Waals surface area contributed by atoms with Crippen LogP contribution in [0.25, 0.3) is 11.3 Å². The molecule has 1 saturated carbocycles. The van der Waals surface area contributed by atoms with Crippen LogP contribution in [0.3, 0.4) is 0 Å². The number of aryl methyl sites for hydroxylation is 2. The van der Waals surface area contributed by atoms with E-state index in [4.69, 9.17) is 8.94 Å². The summed E-state index contributed by atoms with van der Waals surface area (Å²) in [6.07, 6.45) is 3.56. The third-order valence-corrected chi connectivity index (χ3v) is 4.53. The number of benzene rings is 1. The van der Waals surface area contributed by atoms with Crippen molar-refractivity contribution in [2.75, 3.05) is 0 Å². The molecule has 0 saturated heterocycles. The zero-order valence-electron chi connectivity index (χ0n) is 14.4. The van der Waals surface area contributed by atoms with E-state index in [1.165, 1.54) is 11.8 Å². The number of nitrogens with zero attached hydrogens (tertiary/aromatic N) is 2. The van der Waals surface area contributed by atoms with Gasteiger partial charge in [-0.15, -0.1) is 0 Å². The van der Waals surface area contributed by atoms with Gasteiger partial charge in [-0.25, -0.2) is 0 Å². The molecule has 5 nitrogen and oxygen atoms in total. The fourth-order valence-electron chi connectivity index (χ4n) is 2.98. The monoisotopic (exact) mass is 336 g/mol. The maximum absolute atomic E-state index is 12.6. The second-order valence-corrected chi connectivity index (χ2v) is 6.64. The van der Waals surface area contributed by atoms with E-state index in [0.29, 0.717) is 12.3 Å². The van der Waals surface area contributed by atoms with Crippen molar-refractivity contribution in [2.45, 2.75) is 39.3 Å². The molecular formula is C20H20N2O3. The second-order valence-electron chi connectivity index (χ2n) is 6.64. The summed E-state index contributed by atoms with van der Waals surface area (Å²) in [7, 11) is 0. The molecule has 0 bridgehead atoms. The molecule has 1 aliphatic carbocycles. The Bertz CT molecular complexity index is 892. The molecule has 0 aliphatic heterocycles. The molecule has 128 valence electrons. The highest BCUT2D eigenvalue weighted by molar-refractivity contribution is 5.91. The first kappa shape index (κ1) is 15.7. The number of hydrogen-bond acceptors (Lipinski definition) is 4. The van der Waals surface area contributed by atoms with Crippen LogP contribution in [0.2, 0.25) is 0 Å². The Balaban J connectivity index is 1.57. The summed E-state index contributed by atoms with van der Waals surface area (Å²) in [6, 6.07) is 11.9. The van der Waals surface area contributed by atoms with E-state index in [0.717, 1.165) is 35.4 Å². The highest BCUT2D eigenvalue weighted by atomic mass is 16.5. The second kappa shape index (κ2) is 6.24. The minimum atomic E-state index is -0.0937. The van der Waals surface area contributed by atoms with Gasteiger partial charge in [-0.2, -0.15) is 0 Å². The minimum Gasteiger partial charge on any atom is -0.459 e. The van der Waals surface area contributed by atoms with Crippen molar-refractivity contribution in [3.8, 4) is 11.3 Å². The van der Waals surface area contributed by atoms with Crippen molar-refractivity contribution >= 4 is 5.91 Å². The van der Waals surface area contributed by atoms with Gasteiger partial charge in [0.2, 0.25) is 0 Å². The highest BCUT2D eigenvalue weighted by Gasteiger charge is 2.34. The standard InChI is InChI=1S/C20H20N2O3/c1-13-5-6-14(2)17(10-13)19-11-15(21-25-19)12-22(16-7-8-16)20(23)18-4-3-9-24-18/h3-6,9-11,16H,7-8,12H2,1-2H3. The molecule has 4 rings (SSSR count). The molecule has 1 fully saturated rings. The van der Waals surface area contributed by atoms with Crippen molar-refractivity contribution in [1.29, 1.82) is 0 Å². The fraction of sp³-hybridized carbons (Fsp3) is 0.300. The van der Waals surface area contributed by atoms with Crippen LogP contribution in [0.5, 0.6) is 0 Å². The fourth-order valence-corrected chi connectivity index (χ4v) is 2.98. The number of aromatic nitrogens is 1. The number of rotatable bonds is 5. The van der Waals surface area contributed by atoms with E-state index >= 15 is 0 Å². The summed E-state index contributed by atoms with van der Waals surface area (Å²) in [5.74, 6) is 1.01. The first-order chi connectivity index (χ1) is 12.1. The number of carbonyl (C=O) groups is 1. The van der Waals surface area contributed by atoms with Crippen LogP contribution in [0.15, 0.2) is 51.6 Å². The Labute approximate surface area is 146 Å². The van der Waals surface area contributed by atoms with Gasteiger partial charge in [0.1, 0.15) is 5.69 Å². The van der Waals surface area contributed by atoms with Gasteiger partial charge in [-0.1, -0.05) is 22.9 Å². The lowest BCUT2D eigenvalue weighted by Gasteiger charge is -2.19. The van der Waals surface area contributed by atoms with Gasteiger partial charge in [-0.3, -0.25) is 4.79 Å². The summed E-state index contributed by atoms with van der Waals surface area (Å²) >= 11 is 0. The average molecular weight is 336 g/mol. The molecule has 0 unspecified atom stereocenters. The van der Waals surface area contributed by atoms with Crippen LogP contribution < -0.4 is 0 Å². The van der Waals surface area contributed by atoms with Crippen LogP contribution >= 0.6 is 0 Å². The average Bonchev–Trinajstić information content (AvgIpc) is 3.11. The van der Waals surface area contributed by atoms with Gasteiger partial charge >= 0.3 is 0 Å². The van der Waals surface area contributed by atoms with Gasteiger partial charge in [0.15, 0.2) is 11.5 Å². The molecule has 0 radical (unpaired) electrons. The number of amides is 1. The molecule has 5 heteroatoms. The molecule has 3 aromatic rings. The van der Waals surface area contributed by atoms with Crippen molar-refractivity contribution in [2.24, 2.45) is 0 Å². The lowest BCUT2D eigenvalue weighted by molar-refractivity contribution is 0.0693. The van der Waals surface area contributed by atoms with Gasteiger partial charge in [-0.05, 0) is 50.5 Å². The molecule has 2 aromatic heterocycles. The Morgan fingerprint density at radius 1 is 1.24 bits per heavy atom. The summed E-state index contributed by atoms with van der Waals surface area (Å²) in [4.78, 5) is 14.5. The van der Waals surface area contributed by atoms with E-state index in [1.54, 1.807) is 12.1 Å². The molecule has 1 aromatic carbocycles. The summed E-state index contributed by atoms with van der Waals surface area (Å²) in [6.45, 7) is 4.53. The molecular weight excluding hydrogens is 316 g/mol. The Kier molecular flexibility index (Phi) is 3.92. The Morgan fingerprint density at radius 3 is 2.80 bits per heavy atom. The van der Waals surface area contributed by atoms with Crippen molar-refractivity contribution in [1.82, 2.24) is 10.1 Å². The van der Waals surface area contributed by atoms with E-state index < -0.39 is 0 Å². The van der Waals surface area contributed by atoms with E-state index in [2.05, 4.69) is 30.3 Å². The molecule has 0 N–H and O–H groups in total. The molecule has 25 heavy (non-hydrogen) atoms. The predicted molar refractivity (Wildman–Crippen MR) is 93.0 cm³/mol. The Hall–Kier alpha value is -2.82. The third kappa shape index (κ3) is 3.22. The number of furan rings is 1. The lowest BCUT2D eigenvalue weighted by Crippen LogP contribution is -2.32. The molecule has 0 spiro atoms. The van der Waals surface area contributed by atoms with Crippen molar-refractivity contribution < 1.29 is 13.7 Å². The third-order valence-electron chi connectivity index (χ3n) is 4.53. The maximum Gasteiger partial charge on any atom is 0.290 e. The zero-order valence-corrected chi connectivity index (χ0v) is 14.4. The number of carbonyl (C=O) groups excluding carboxylic acids is 1. The van der Waals surface area contributed by atoms with Gasteiger partial charge in [0.25, 0.3) is 5.91 Å². The van der Waals surface area contributed by atoms with Gasteiger partial charge in [0, 0.05) is 17.7 Å². The van der Waals surface area contributed by atoms with E-state index in [-0.39, 0.29) is 11.9 Å². The maximum atomic E-state index is 12.6. The van der Waals surface area contributed by atoms with Gasteiger partial charge < -0.3 is 13.8 Å². The largest absolute Gasteiger partial charge is 0.459 e. The van der Waals surface area contributed by atoms with Crippen molar-refractivity contribution in [3.63, 3.8) is 0 Å². The van der Waals surface area contributed by atoms with Crippen LogP contribution in [0.1, 0.15) is 40.2 Å². The smallest absolute Gasteiger partial charge is 0.290 e. The van der Waals surface area contributed by atoms with Crippen LogP contribution in [0, 0.1) is 13.8 Å². The lowest BCUT2D eigenvalue weighted by atomic mass is 10.0. The predicted octanol–water partition coefficient (Wildman–Crippen LogP) is 4.36. The zero-order chi connectivity index (χ0) is 17.4. The molecule has 1 amide bonds. The first-order valence-electron chi connectivity index (χ1n) is 8.49. The summed E-state index contributed by atoms with van der Waals surface area (Å²) < 4.78 is 10.8. The summed E-state index contributed by atoms with van der Waals surface area (Å²) in [5.41, 5.74) is 4.10. The molecule has 0 atom stereocenters. The van der Waals surface area contributed by atoms with Crippen LogP contribution in [-0.2, 0) is 6.54 Å².